The van der Waals surface area contributed by atoms with Crippen LogP contribution in [0.1, 0.15) is 72.1 Å². The van der Waals surface area contributed by atoms with Gasteiger partial charge < -0.3 is 4.90 Å². The van der Waals surface area contributed by atoms with E-state index < -0.39 is 6.04 Å². The molecule has 0 bridgehead atoms. The van der Waals surface area contributed by atoms with E-state index in [1.165, 1.54) is 4.90 Å². The molecule has 5 nitrogen and oxygen atoms in total. The smallest absolute Gasteiger partial charge is 0.257 e. The van der Waals surface area contributed by atoms with Crippen LogP contribution in [0.25, 0.3) is 0 Å². The minimum absolute atomic E-state index is 0.0199. The van der Waals surface area contributed by atoms with Crippen LogP contribution in [0, 0.1) is 5.41 Å². The molecule has 3 amide bonds. The fraction of sp³-hybridized carbons (Fsp3) is 0.609. The van der Waals surface area contributed by atoms with E-state index >= 15 is 0 Å². The molecule has 1 saturated heterocycles. The maximum Gasteiger partial charge on any atom is 0.257 e. The Balaban J connectivity index is 1.90. The molecule has 3 rings (SSSR count). The van der Waals surface area contributed by atoms with Gasteiger partial charge in [0.2, 0.25) is 11.8 Å². The summed E-state index contributed by atoms with van der Waals surface area (Å²) in [7, 11) is 0. The first-order chi connectivity index (χ1) is 13.7. The number of nitrogens with zero attached hydrogens (tertiary/aromatic N) is 2. The third-order valence-electron chi connectivity index (χ3n) is 5.73. The maximum absolute atomic E-state index is 13.3. The van der Waals surface area contributed by atoms with Crippen LogP contribution >= 0.6 is 11.6 Å². The highest BCUT2D eigenvalue weighted by Gasteiger charge is 2.46. The molecule has 1 aliphatic heterocycles. The third kappa shape index (κ3) is 5.19. The molecular formula is C23H31ClN2O3. The molecule has 0 spiro atoms. The first kappa shape index (κ1) is 21.8. The summed E-state index contributed by atoms with van der Waals surface area (Å²) in [6.45, 7) is 6.08. The first-order valence-corrected chi connectivity index (χ1v) is 11.0. The lowest BCUT2D eigenvalue weighted by Crippen LogP contribution is -2.51. The SMILES string of the molecule is CC(C)(C)CC(=O)N(C1CCCCCC1)C1CC(=O)N(c2ccc(Cl)cc2)C1=O. The highest BCUT2D eigenvalue weighted by Crippen LogP contribution is 2.33. The zero-order valence-electron chi connectivity index (χ0n) is 17.6. The molecule has 2 aliphatic rings. The zero-order valence-corrected chi connectivity index (χ0v) is 18.4. The van der Waals surface area contributed by atoms with E-state index in [-0.39, 0.29) is 35.6 Å². The van der Waals surface area contributed by atoms with Crippen molar-refractivity contribution in [3.8, 4) is 0 Å². The molecule has 1 aromatic rings. The fourth-order valence-electron chi connectivity index (χ4n) is 4.41. The molecule has 29 heavy (non-hydrogen) atoms. The van der Waals surface area contributed by atoms with Crippen LogP contribution in [-0.4, -0.2) is 34.7 Å². The average Bonchev–Trinajstić information content (AvgIpc) is 2.80. The molecule has 1 saturated carbocycles. The number of imide groups is 1. The molecule has 0 radical (unpaired) electrons. The van der Waals surface area contributed by atoms with Crippen molar-refractivity contribution in [2.45, 2.75) is 84.2 Å². The van der Waals surface area contributed by atoms with Crippen LogP contribution in [-0.2, 0) is 14.4 Å². The molecule has 1 aliphatic carbocycles. The van der Waals surface area contributed by atoms with Gasteiger partial charge in [0.05, 0.1) is 12.1 Å². The van der Waals surface area contributed by atoms with Crippen molar-refractivity contribution in [2.75, 3.05) is 4.90 Å². The minimum Gasteiger partial charge on any atom is -0.327 e. The molecule has 0 aromatic heterocycles. The molecule has 0 N–H and O–H groups in total. The normalized spacial score (nSPS) is 21.4. The van der Waals surface area contributed by atoms with Crippen LogP contribution in [0.2, 0.25) is 5.02 Å². The molecule has 6 heteroatoms. The van der Waals surface area contributed by atoms with Gasteiger partial charge in [0.25, 0.3) is 5.91 Å². The van der Waals surface area contributed by atoms with Crippen LogP contribution in [0.3, 0.4) is 0 Å². The van der Waals surface area contributed by atoms with Crippen molar-refractivity contribution in [3.63, 3.8) is 0 Å². The number of rotatable bonds is 4. The summed E-state index contributed by atoms with van der Waals surface area (Å²) in [5, 5.41) is 0.546. The number of hydrogen-bond donors (Lipinski definition) is 0. The van der Waals surface area contributed by atoms with Crippen molar-refractivity contribution in [1.29, 1.82) is 0 Å². The Morgan fingerprint density at radius 2 is 1.66 bits per heavy atom. The summed E-state index contributed by atoms with van der Waals surface area (Å²) in [5.41, 5.74) is 0.331. The van der Waals surface area contributed by atoms with E-state index in [4.69, 9.17) is 11.6 Å². The predicted molar refractivity (Wildman–Crippen MR) is 115 cm³/mol. The Bertz CT molecular complexity index is 761. The van der Waals surface area contributed by atoms with Gasteiger partial charge >= 0.3 is 0 Å². The average molecular weight is 419 g/mol. The lowest BCUT2D eigenvalue weighted by Gasteiger charge is -2.36. The molecule has 1 aromatic carbocycles. The Labute approximate surface area is 178 Å². The topological polar surface area (TPSA) is 57.7 Å². The number of anilines is 1. The monoisotopic (exact) mass is 418 g/mol. The van der Waals surface area contributed by atoms with Crippen molar-refractivity contribution in [3.05, 3.63) is 29.3 Å². The van der Waals surface area contributed by atoms with Crippen LogP contribution in [0.4, 0.5) is 5.69 Å². The van der Waals surface area contributed by atoms with E-state index in [9.17, 15) is 14.4 Å². The Kier molecular flexibility index (Phi) is 6.67. The number of halogens is 1. The van der Waals surface area contributed by atoms with E-state index in [0.717, 1.165) is 38.5 Å². The summed E-state index contributed by atoms with van der Waals surface area (Å²) in [6, 6.07) is 5.99. The maximum atomic E-state index is 13.3. The van der Waals surface area contributed by atoms with Crippen LogP contribution < -0.4 is 4.90 Å². The van der Waals surface area contributed by atoms with Crippen molar-refractivity contribution in [2.24, 2.45) is 5.41 Å². The zero-order chi connectivity index (χ0) is 21.2. The first-order valence-electron chi connectivity index (χ1n) is 10.6. The van der Waals surface area contributed by atoms with Crippen molar-refractivity contribution >= 4 is 35.0 Å². The molecule has 1 atom stereocenters. The summed E-state index contributed by atoms with van der Waals surface area (Å²) < 4.78 is 0. The van der Waals surface area contributed by atoms with Gasteiger partial charge in [-0.15, -0.1) is 0 Å². The van der Waals surface area contributed by atoms with Gasteiger partial charge in [0.15, 0.2) is 0 Å². The summed E-state index contributed by atoms with van der Waals surface area (Å²) in [5.74, 6) is -0.582. The number of carbonyl (C=O) groups is 3. The van der Waals surface area contributed by atoms with Crippen LogP contribution in [0.5, 0.6) is 0 Å². The van der Waals surface area contributed by atoms with E-state index in [1.54, 1.807) is 29.2 Å². The van der Waals surface area contributed by atoms with Crippen molar-refractivity contribution < 1.29 is 14.4 Å². The second-order valence-corrected chi connectivity index (χ2v) is 9.88. The lowest BCUT2D eigenvalue weighted by molar-refractivity contribution is -0.143. The standard InChI is InChI=1S/C23H31ClN2O3/c1-23(2,3)15-21(28)25(17-8-6-4-5-7-9-17)19-14-20(27)26(22(19)29)18-12-10-16(24)11-13-18/h10-13,17,19H,4-9,14-15H2,1-3H3. The highest BCUT2D eigenvalue weighted by molar-refractivity contribution is 6.30. The molecule has 1 heterocycles. The molecule has 1 unspecified atom stereocenters. The lowest BCUT2D eigenvalue weighted by atomic mass is 9.90. The molecule has 158 valence electrons. The summed E-state index contributed by atoms with van der Waals surface area (Å²) in [6.07, 6.45) is 6.64. The summed E-state index contributed by atoms with van der Waals surface area (Å²) in [4.78, 5) is 42.4. The van der Waals surface area contributed by atoms with E-state index in [2.05, 4.69) is 0 Å². The fourth-order valence-corrected chi connectivity index (χ4v) is 4.53. The summed E-state index contributed by atoms with van der Waals surface area (Å²) >= 11 is 5.95. The number of hydrogen-bond acceptors (Lipinski definition) is 3. The number of amides is 3. The van der Waals surface area contributed by atoms with Gasteiger partial charge in [0.1, 0.15) is 6.04 Å². The number of carbonyl (C=O) groups excluding carboxylic acids is 3. The van der Waals surface area contributed by atoms with Gasteiger partial charge in [-0.25, -0.2) is 4.90 Å². The Hall–Kier alpha value is -1.88. The van der Waals surface area contributed by atoms with Crippen LogP contribution in [0.15, 0.2) is 24.3 Å². The van der Waals surface area contributed by atoms with E-state index in [0.29, 0.717) is 17.1 Å². The Morgan fingerprint density at radius 1 is 1.07 bits per heavy atom. The second-order valence-electron chi connectivity index (χ2n) is 9.45. The third-order valence-corrected chi connectivity index (χ3v) is 5.98. The Morgan fingerprint density at radius 3 is 2.21 bits per heavy atom. The predicted octanol–water partition coefficient (Wildman–Crippen LogP) is 4.96. The van der Waals surface area contributed by atoms with Gasteiger partial charge in [-0.3, -0.25) is 14.4 Å². The largest absolute Gasteiger partial charge is 0.327 e. The van der Waals surface area contributed by atoms with Gasteiger partial charge in [0, 0.05) is 17.5 Å². The van der Waals surface area contributed by atoms with Gasteiger partial charge in [-0.1, -0.05) is 58.1 Å². The molecular weight excluding hydrogens is 388 g/mol. The van der Waals surface area contributed by atoms with Gasteiger partial charge in [-0.2, -0.15) is 0 Å². The quantitative estimate of drug-likeness (QED) is 0.513. The minimum atomic E-state index is -0.712. The van der Waals surface area contributed by atoms with E-state index in [1.807, 2.05) is 20.8 Å². The van der Waals surface area contributed by atoms with Crippen molar-refractivity contribution in [1.82, 2.24) is 4.90 Å². The van der Waals surface area contributed by atoms with Gasteiger partial charge in [-0.05, 0) is 42.5 Å². The molecule has 2 fully saturated rings. The second kappa shape index (κ2) is 8.86. The number of benzene rings is 1. The highest BCUT2D eigenvalue weighted by atomic mass is 35.5.